The summed E-state index contributed by atoms with van der Waals surface area (Å²) in [5.74, 6) is 0.0676. The summed E-state index contributed by atoms with van der Waals surface area (Å²) < 4.78 is 0. The summed E-state index contributed by atoms with van der Waals surface area (Å²) in [6.07, 6.45) is 0. The van der Waals surface area contributed by atoms with E-state index in [1.54, 1.807) is 28.1 Å². The molecule has 0 atom stereocenters. The third-order valence-electron chi connectivity index (χ3n) is 3.10. The van der Waals surface area contributed by atoms with Gasteiger partial charge in [0.25, 0.3) is 0 Å². The summed E-state index contributed by atoms with van der Waals surface area (Å²) in [6, 6.07) is -0.0890. The van der Waals surface area contributed by atoms with Crippen LogP contribution in [0.3, 0.4) is 0 Å². The molecule has 0 aliphatic carbocycles. The van der Waals surface area contributed by atoms with Gasteiger partial charge >= 0.3 is 6.03 Å². The Bertz CT molecular complexity index is 466. The number of aromatic nitrogens is 1. The Kier molecular flexibility index (Phi) is 4.36. The largest absolute Gasteiger partial charge is 0.339 e. The number of aryl methyl sites for hydroxylation is 1. The molecule has 0 radical (unpaired) electrons. The topological polar surface area (TPSA) is 65.5 Å². The smallest absolute Gasteiger partial charge is 0.317 e. The van der Waals surface area contributed by atoms with Crippen LogP contribution in [-0.2, 0) is 11.3 Å². The number of nitrogens with zero attached hydrogens (tertiary/aromatic N) is 3. The third-order valence-corrected chi connectivity index (χ3v) is 3.92. The quantitative estimate of drug-likeness (QED) is 0.873. The van der Waals surface area contributed by atoms with Crippen molar-refractivity contribution in [2.24, 2.45) is 0 Å². The number of thiazole rings is 1. The van der Waals surface area contributed by atoms with Gasteiger partial charge in [0, 0.05) is 38.5 Å². The summed E-state index contributed by atoms with van der Waals surface area (Å²) in [5.41, 5.74) is 0.887. The predicted octanol–water partition coefficient (Wildman–Crippen LogP) is 0.825. The van der Waals surface area contributed by atoms with Crippen LogP contribution in [0.5, 0.6) is 0 Å². The van der Waals surface area contributed by atoms with E-state index in [0.717, 1.165) is 10.7 Å². The molecule has 0 spiro atoms. The first-order valence-corrected chi connectivity index (χ1v) is 7.13. The highest BCUT2D eigenvalue weighted by Crippen LogP contribution is 2.08. The van der Waals surface area contributed by atoms with Crippen LogP contribution in [0.4, 0.5) is 4.79 Å². The molecule has 1 aliphatic rings. The zero-order chi connectivity index (χ0) is 13.8. The lowest BCUT2D eigenvalue weighted by Crippen LogP contribution is -2.52. The Balaban J connectivity index is 1.77. The van der Waals surface area contributed by atoms with Gasteiger partial charge in [0.2, 0.25) is 5.91 Å². The minimum absolute atomic E-state index is 0.0676. The van der Waals surface area contributed by atoms with Crippen LogP contribution in [0.15, 0.2) is 5.38 Å². The van der Waals surface area contributed by atoms with Gasteiger partial charge in [0.05, 0.1) is 17.2 Å². The average Bonchev–Trinajstić information content (AvgIpc) is 2.82. The first-order chi connectivity index (χ1) is 9.06. The highest BCUT2D eigenvalue weighted by molar-refractivity contribution is 7.09. The van der Waals surface area contributed by atoms with Crippen molar-refractivity contribution in [3.8, 4) is 0 Å². The summed E-state index contributed by atoms with van der Waals surface area (Å²) >= 11 is 1.57. The van der Waals surface area contributed by atoms with Crippen molar-refractivity contribution >= 4 is 23.3 Å². The molecule has 1 N–H and O–H groups in total. The number of rotatable bonds is 2. The molecule has 0 aromatic carbocycles. The van der Waals surface area contributed by atoms with Crippen LogP contribution in [0.25, 0.3) is 0 Å². The van der Waals surface area contributed by atoms with Crippen molar-refractivity contribution in [2.45, 2.75) is 20.4 Å². The van der Waals surface area contributed by atoms with E-state index in [-0.39, 0.29) is 11.9 Å². The lowest BCUT2D eigenvalue weighted by atomic mass is 10.3. The fourth-order valence-corrected chi connectivity index (χ4v) is 2.60. The molecule has 1 aromatic heterocycles. The normalized spacial score (nSPS) is 15.5. The van der Waals surface area contributed by atoms with E-state index in [9.17, 15) is 9.59 Å². The van der Waals surface area contributed by atoms with Crippen LogP contribution in [0, 0.1) is 6.92 Å². The van der Waals surface area contributed by atoms with E-state index in [4.69, 9.17) is 0 Å². The minimum atomic E-state index is -0.0890. The molecular formula is C12H18N4O2S. The van der Waals surface area contributed by atoms with Gasteiger partial charge in [-0.05, 0) is 6.92 Å². The Hall–Kier alpha value is -1.63. The van der Waals surface area contributed by atoms with Crippen LogP contribution in [0.1, 0.15) is 17.6 Å². The lowest BCUT2D eigenvalue weighted by molar-refractivity contribution is -0.130. The predicted molar refractivity (Wildman–Crippen MR) is 72.9 cm³/mol. The van der Waals surface area contributed by atoms with Crippen LogP contribution >= 0.6 is 11.3 Å². The first kappa shape index (κ1) is 13.8. The second kappa shape index (κ2) is 6.01. The van der Waals surface area contributed by atoms with Crippen molar-refractivity contribution in [1.82, 2.24) is 20.1 Å². The average molecular weight is 282 g/mol. The second-order valence-corrected chi connectivity index (χ2v) is 5.57. The van der Waals surface area contributed by atoms with Crippen LogP contribution in [0.2, 0.25) is 0 Å². The number of urea groups is 1. The molecule has 0 bridgehead atoms. The van der Waals surface area contributed by atoms with E-state index in [1.165, 1.54) is 0 Å². The molecule has 1 aromatic rings. The Morgan fingerprint density at radius 2 is 1.95 bits per heavy atom. The molecule has 6 nitrogen and oxygen atoms in total. The molecule has 1 fully saturated rings. The Labute approximate surface area is 116 Å². The van der Waals surface area contributed by atoms with Gasteiger partial charge in [0.1, 0.15) is 0 Å². The maximum absolute atomic E-state index is 11.9. The van der Waals surface area contributed by atoms with Crippen molar-refractivity contribution in [2.75, 3.05) is 26.2 Å². The number of hydrogen-bond acceptors (Lipinski definition) is 4. The molecule has 104 valence electrons. The van der Waals surface area contributed by atoms with Gasteiger partial charge in [-0.2, -0.15) is 0 Å². The maximum atomic E-state index is 11.9. The van der Waals surface area contributed by atoms with Crippen LogP contribution in [-0.4, -0.2) is 52.9 Å². The van der Waals surface area contributed by atoms with Crippen molar-refractivity contribution in [1.29, 1.82) is 0 Å². The first-order valence-electron chi connectivity index (χ1n) is 6.25. The molecule has 19 heavy (non-hydrogen) atoms. The van der Waals surface area contributed by atoms with Gasteiger partial charge in [-0.25, -0.2) is 9.78 Å². The molecule has 0 saturated carbocycles. The van der Waals surface area contributed by atoms with Crippen LogP contribution < -0.4 is 5.32 Å². The zero-order valence-electron chi connectivity index (χ0n) is 11.2. The van der Waals surface area contributed by atoms with E-state index in [1.807, 2.05) is 12.3 Å². The minimum Gasteiger partial charge on any atom is -0.339 e. The fraction of sp³-hybridized carbons (Fsp3) is 0.583. The Morgan fingerprint density at radius 1 is 1.32 bits per heavy atom. The summed E-state index contributed by atoms with van der Waals surface area (Å²) in [4.78, 5) is 30.9. The number of nitrogens with one attached hydrogen (secondary N) is 1. The number of hydrogen-bond donors (Lipinski definition) is 1. The molecule has 2 rings (SSSR count). The van der Waals surface area contributed by atoms with Gasteiger partial charge in [0.15, 0.2) is 0 Å². The van der Waals surface area contributed by atoms with Crippen molar-refractivity contribution in [3.05, 3.63) is 16.1 Å². The summed E-state index contributed by atoms with van der Waals surface area (Å²) in [5, 5.41) is 5.80. The SMILES string of the molecule is CC(=O)N1CCN(C(=O)NCc2csc(C)n2)CC1. The molecule has 1 aliphatic heterocycles. The van der Waals surface area contributed by atoms with Crippen molar-refractivity contribution < 1.29 is 9.59 Å². The number of carbonyl (C=O) groups is 2. The summed E-state index contributed by atoms with van der Waals surface area (Å²) in [7, 11) is 0. The second-order valence-electron chi connectivity index (χ2n) is 4.51. The summed E-state index contributed by atoms with van der Waals surface area (Å²) in [6.45, 7) is 6.34. The lowest BCUT2D eigenvalue weighted by Gasteiger charge is -2.34. The zero-order valence-corrected chi connectivity index (χ0v) is 12.0. The number of piperazine rings is 1. The number of carbonyl (C=O) groups excluding carboxylic acids is 2. The van der Waals surface area contributed by atoms with E-state index in [0.29, 0.717) is 32.7 Å². The highest BCUT2D eigenvalue weighted by atomic mass is 32.1. The molecule has 7 heteroatoms. The van der Waals surface area contributed by atoms with E-state index < -0.39 is 0 Å². The standard InChI is InChI=1S/C12H18N4O2S/c1-9-14-11(8-19-9)7-13-12(18)16-5-3-15(4-6-16)10(2)17/h8H,3-7H2,1-2H3,(H,13,18). The maximum Gasteiger partial charge on any atom is 0.317 e. The molecular weight excluding hydrogens is 264 g/mol. The van der Waals surface area contributed by atoms with E-state index >= 15 is 0 Å². The fourth-order valence-electron chi connectivity index (χ4n) is 1.99. The van der Waals surface area contributed by atoms with Gasteiger partial charge in [-0.15, -0.1) is 11.3 Å². The number of amides is 3. The van der Waals surface area contributed by atoms with Gasteiger partial charge in [-0.3, -0.25) is 4.79 Å². The highest BCUT2D eigenvalue weighted by Gasteiger charge is 2.22. The molecule has 3 amide bonds. The Morgan fingerprint density at radius 3 is 2.47 bits per heavy atom. The molecule has 1 saturated heterocycles. The molecule has 0 unspecified atom stereocenters. The van der Waals surface area contributed by atoms with Gasteiger partial charge < -0.3 is 15.1 Å². The van der Waals surface area contributed by atoms with E-state index in [2.05, 4.69) is 10.3 Å². The van der Waals surface area contributed by atoms with Gasteiger partial charge in [-0.1, -0.05) is 0 Å². The monoisotopic (exact) mass is 282 g/mol. The third kappa shape index (κ3) is 3.66. The molecule has 2 heterocycles. The van der Waals surface area contributed by atoms with Crippen molar-refractivity contribution in [3.63, 3.8) is 0 Å².